The Kier molecular flexibility index (Phi) is 4.18. The minimum Gasteiger partial charge on any atom is -0.467 e. The average Bonchev–Trinajstić information content (AvgIpc) is 2.91. The fraction of sp³-hybridized carbons (Fsp3) is 0.267. The maximum atomic E-state index is 11.8. The number of carbonyl (C=O) groups excluding carboxylic acids is 1. The van der Waals surface area contributed by atoms with Crippen molar-refractivity contribution in [2.45, 2.75) is 25.8 Å². The van der Waals surface area contributed by atoms with E-state index < -0.39 is 0 Å². The van der Waals surface area contributed by atoms with Gasteiger partial charge in [0.15, 0.2) is 0 Å². The van der Waals surface area contributed by atoms with Gasteiger partial charge in [0, 0.05) is 6.42 Å². The molecule has 0 fully saturated rings. The summed E-state index contributed by atoms with van der Waals surface area (Å²) in [5.74, 6) is 0.799. The van der Waals surface area contributed by atoms with Crippen LogP contribution in [0, 0.1) is 0 Å². The van der Waals surface area contributed by atoms with Gasteiger partial charge in [-0.3, -0.25) is 4.79 Å². The van der Waals surface area contributed by atoms with Gasteiger partial charge in [-0.05, 0) is 24.1 Å². The smallest absolute Gasteiger partial charge is 0.220 e. The van der Waals surface area contributed by atoms with Gasteiger partial charge in [0.2, 0.25) is 5.91 Å². The van der Waals surface area contributed by atoms with Gasteiger partial charge in [-0.25, -0.2) is 0 Å². The third-order valence-electron chi connectivity index (χ3n) is 2.74. The molecule has 0 saturated carbocycles. The lowest BCUT2D eigenvalue weighted by Gasteiger charge is -2.17. The molecule has 1 heterocycles. The lowest BCUT2D eigenvalue weighted by Crippen LogP contribution is -2.28. The highest BCUT2D eigenvalue weighted by Crippen LogP contribution is 2.22. The van der Waals surface area contributed by atoms with E-state index in [1.165, 1.54) is 0 Å². The van der Waals surface area contributed by atoms with Crippen molar-refractivity contribution >= 4 is 5.91 Å². The lowest BCUT2D eigenvalue weighted by molar-refractivity contribution is -0.121. The van der Waals surface area contributed by atoms with E-state index in [2.05, 4.69) is 5.32 Å². The van der Waals surface area contributed by atoms with Gasteiger partial charge < -0.3 is 9.73 Å². The molecule has 1 N–H and O–H groups in total. The van der Waals surface area contributed by atoms with E-state index >= 15 is 0 Å². The molecule has 2 rings (SSSR count). The molecule has 1 amide bonds. The first-order valence-electron chi connectivity index (χ1n) is 6.19. The van der Waals surface area contributed by atoms with Crippen LogP contribution in [-0.2, 0) is 4.79 Å². The topological polar surface area (TPSA) is 42.2 Å². The minimum atomic E-state index is -0.208. The van der Waals surface area contributed by atoms with Crippen molar-refractivity contribution in [2.75, 3.05) is 0 Å². The summed E-state index contributed by atoms with van der Waals surface area (Å²) in [5.41, 5.74) is 1.02. The van der Waals surface area contributed by atoms with Crippen LogP contribution in [0.3, 0.4) is 0 Å². The Morgan fingerprint density at radius 3 is 2.61 bits per heavy atom. The van der Waals surface area contributed by atoms with Crippen molar-refractivity contribution in [3.8, 4) is 0 Å². The first-order chi connectivity index (χ1) is 8.81. The van der Waals surface area contributed by atoms with Gasteiger partial charge >= 0.3 is 0 Å². The molecule has 3 heteroatoms. The Bertz CT molecular complexity index is 476. The van der Waals surface area contributed by atoms with Crippen LogP contribution in [0.15, 0.2) is 53.1 Å². The monoisotopic (exact) mass is 243 g/mol. The maximum Gasteiger partial charge on any atom is 0.220 e. The summed E-state index contributed by atoms with van der Waals surface area (Å²) in [7, 11) is 0. The van der Waals surface area contributed by atoms with Gasteiger partial charge in [-0.15, -0.1) is 0 Å². The van der Waals surface area contributed by atoms with E-state index in [0.29, 0.717) is 6.42 Å². The van der Waals surface area contributed by atoms with Gasteiger partial charge in [0.1, 0.15) is 11.8 Å². The van der Waals surface area contributed by atoms with E-state index in [0.717, 1.165) is 17.7 Å². The first kappa shape index (κ1) is 12.4. The highest BCUT2D eigenvalue weighted by atomic mass is 16.3. The molecule has 0 bridgehead atoms. The molecule has 1 atom stereocenters. The van der Waals surface area contributed by atoms with Crippen molar-refractivity contribution < 1.29 is 9.21 Å². The quantitative estimate of drug-likeness (QED) is 0.875. The predicted octanol–water partition coefficient (Wildman–Crippen LogP) is 3.29. The third kappa shape index (κ3) is 3.00. The molecule has 0 radical (unpaired) electrons. The second-order valence-electron chi connectivity index (χ2n) is 4.18. The fourth-order valence-corrected chi connectivity index (χ4v) is 1.88. The fourth-order valence-electron chi connectivity index (χ4n) is 1.88. The van der Waals surface area contributed by atoms with E-state index in [-0.39, 0.29) is 11.9 Å². The predicted molar refractivity (Wildman–Crippen MR) is 70.0 cm³/mol. The summed E-state index contributed by atoms with van der Waals surface area (Å²) >= 11 is 0. The van der Waals surface area contributed by atoms with E-state index in [9.17, 15) is 4.79 Å². The molecule has 18 heavy (non-hydrogen) atoms. The van der Waals surface area contributed by atoms with Crippen molar-refractivity contribution in [3.63, 3.8) is 0 Å². The highest BCUT2D eigenvalue weighted by molar-refractivity contribution is 5.76. The number of hydrogen-bond donors (Lipinski definition) is 1. The van der Waals surface area contributed by atoms with E-state index in [1.807, 2.05) is 49.4 Å². The molecular formula is C15H17NO2. The van der Waals surface area contributed by atoms with Crippen molar-refractivity contribution in [2.24, 2.45) is 0 Å². The first-order valence-corrected chi connectivity index (χ1v) is 6.19. The SMILES string of the molecule is CCCC(=O)NC(c1ccccc1)c1ccco1. The van der Waals surface area contributed by atoms with Crippen molar-refractivity contribution in [1.29, 1.82) is 0 Å². The zero-order valence-electron chi connectivity index (χ0n) is 10.4. The standard InChI is InChI=1S/C15H17NO2/c1-2-7-14(17)16-15(13-10-6-11-18-13)12-8-4-3-5-9-12/h3-6,8-11,15H,2,7H2,1H3,(H,16,17). The molecule has 3 nitrogen and oxygen atoms in total. The zero-order valence-corrected chi connectivity index (χ0v) is 10.4. The molecule has 0 aliphatic rings. The number of benzene rings is 1. The van der Waals surface area contributed by atoms with Crippen LogP contribution in [0.25, 0.3) is 0 Å². The number of rotatable bonds is 5. The zero-order chi connectivity index (χ0) is 12.8. The molecule has 0 spiro atoms. The Balaban J connectivity index is 2.22. The Hall–Kier alpha value is -2.03. The number of carbonyl (C=O) groups is 1. The van der Waals surface area contributed by atoms with Crippen LogP contribution >= 0.6 is 0 Å². The van der Waals surface area contributed by atoms with Crippen LogP contribution in [0.5, 0.6) is 0 Å². The minimum absolute atomic E-state index is 0.0442. The normalized spacial score (nSPS) is 12.1. The second-order valence-corrected chi connectivity index (χ2v) is 4.18. The molecule has 1 unspecified atom stereocenters. The van der Waals surface area contributed by atoms with Gasteiger partial charge in [0.05, 0.1) is 6.26 Å². The third-order valence-corrected chi connectivity index (χ3v) is 2.74. The average molecular weight is 243 g/mol. The van der Waals surface area contributed by atoms with Crippen LogP contribution < -0.4 is 5.32 Å². The summed E-state index contributed by atoms with van der Waals surface area (Å²) in [6.07, 6.45) is 2.99. The molecule has 2 aromatic rings. The lowest BCUT2D eigenvalue weighted by atomic mass is 10.0. The number of hydrogen-bond acceptors (Lipinski definition) is 2. The van der Waals surface area contributed by atoms with Gasteiger partial charge in [-0.1, -0.05) is 37.3 Å². The molecule has 0 aliphatic carbocycles. The Morgan fingerprint density at radius 2 is 2.00 bits per heavy atom. The summed E-state index contributed by atoms with van der Waals surface area (Å²) in [6.45, 7) is 1.99. The largest absolute Gasteiger partial charge is 0.467 e. The molecule has 0 aliphatic heterocycles. The van der Waals surface area contributed by atoms with Crippen LogP contribution in [0.2, 0.25) is 0 Å². The summed E-state index contributed by atoms with van der Waals surface area (Å²) in [6, 6.07) is 13.3. The highest BCUT2D eigenvalue weighted by Gasteiger charge is 2.18. The van der Waals surface area contributed by atoms with Crippen molar-refractivity contribution in [1.82, 2.24) is 5.32 Å². The van der Waals surface area contributed by atoms with Gasteiger partial charge in [0.25, 0.3) is 0 Å². The molecule has 1 aromatic heterocycles. The Labute approximate surface area is 107 Å². The molecule has 0 saturated heterocycles. The van der Waals surface area contributed by atoms with E-state index in [4.69, 9.17) is 4.42 Å². The summed E-state index contributed by atoms with van der Waals surface area (Å²) < 4.78 is 5.41. The van der Waals surface area contributed by atoms with E-state index in [1.54, 1.807) is 6.26 Å². The summed E-state index contributed by atoms with van der Waals surface area (Å²) in [5, 5.41) is 3.00. The molecule has 94 valence electrons. The second kappa shape index (κ2) is 6.05. The van der Waals surface area contributed by atoms with Crippen molar-refractivity contribution in [3.05, 3.63) is 60.1 Å². The van der Waals surface area contributed by atoms with Gasteiger partial charge in [-0.2, -0.15) is 0 Å². The molecule has 1 aromatic carbocycles. The van der Waals surface area contributed by atoms with Crippen LogP contribution in [0.1, 0.15) is 37.1 Å². The number of amides is 1. The maximum absolute atomic E-state index is 11.8. The number of nitrogens with one attached hydrogen (secondary N) is 1. The summed E-state index contributed by atoms with van der Waals surface area (Å²) in [4.78, 5) is 11.8. The Morgan fingerprint density at radius 1 is 1.22 bits per heavy atom. The molecular weight excluding hydrogens is 226 g/mol. The van der Waals surface area contributed by atoms with Crippen LogP contribution in [-0.4, -0.2) is 5.91 Å². The van der Waals surface area contributed by atoms with Crippen LogP contribution in [0.4, 0.5) is 0 Å². The number of furan rings is 1.